The van der Waals surface area contributed by atoms with Gasteiger partial charge in [0, 0.05) is 19.1 Å². The molecule has 1 aromatic carbocycles. The van der Waals surface area contributed by atoms with Crippen molar-refractivity contribution in [1.29, 1.82) is 0 Å². The molecule has 0 unspecified atom stereocenters. The van der Waals surface area contributed by atoms with Gasteiger partial charge in [-0.15, -0.1) is 0 Å². The van der Waals surface area contributed by atoms with Gasteiger partial charge in [-0.1, -0.05) is 31.9 Å². The van der Waals surface area contributed by atoms with Crippen LogP contribution in [0.1, 0.15) is 51.9 Å². The van der Waals surface area contributed by atoms with Crippen LogP contribution in [-0.2, 0) is 4.79 Å². The molecular formula is C20H31N3O. The fourth-order valence-electron chi connectivity index (χ4n) is 4.03. The molecule has 0 spiro atoms. The topological polar surface area (TPSA) is 44.4 Å². The van der Waals surface area contributed by atoms with Gasteiger partial charge in [0.15, 0.2) is 0 Å². The Morgan fingerprint density at radius 3 is 2.62 bits per heavy atom. The van der Waals surface area contributed by atoms with E-state index in [4.69, 9.17) is 0 Å². The maximum atomic E-state index is 12.4. The van der Waals surface area contributed by atoms with Gasteiger partial charge in [0.1, 0.15) is 0 Å². The van der Waals surface area contributed by atoms with E-state index in [1.807, 2.05) is 12.1 Å². The van der Waals surface area contributed by atoms with Crippen LogP contribution < -0.4 is 15.5 Å². The van der Waals surface area contributed by atoms with E-state index in [9.17, 15) is 4.79 Å². The number of rotatable bonds is 5. The molecule has 2 aliphatic rings. The van der Waals surface area contributed by atoms with Gasteiger partial charge in [-0.05, 0) is 50.2 Å². The molecule has 1 saturated heterocycles. The van der Waals surface area contributed by atoms with Crippen LogP contribution in [0.2, 0.25) is 0 Å². The van der Waals surface area contributed by atoms with Crippen LogP contribution in [0.5, 0.6) is 0 Å². The number of piperidine rings is 1. The molecule has 2 fully saturated rings. The lowest BCUT2D eigenvalue weighted by Gasteiger charge is -2.31. The minimum atomic E-state index is 0.0669. The maximum absolute atomic E-state index is 12.4. The Bertz CT molecular complexity index is 539. The van der Waals surface area contributed by atoms with Gasteiger partial charge in [-0.3, -0.25) is 4.79 Å². The first-order valence-corrected chi connectivity index (χ1v) is 9.61. The summed E-state index contributed by atoms with van der Waals surface area (Å²) in [6.07, 6.45) is 8.87. The minimum absolute atomic E-state index is 0.0669. The van der Waals surface area contributed by atoms with Gasteiger partial charge in [0.2, 0.25) is 5.91 Å². The molecule has 3 rings (SSSR count). The summed E-state index contributed by atoms with van der Waals surface area (Å²) in [6, 6.07) is 8.69. The quantitative estimate of drug-likeness (QED) is 0.864. The molecule has 1 aliphatic carbocycles. The fraction of sp³-hybridized carbons (Fsp3) is 0.650. The minimum Gasteiger partial charge on any atom is -0.370 e. The van der Waals surface area contributed by atoms with Gasteiger partial charge < -0.3 is 15.5 Å². The summed E-state index contributed by atoms with van der Waals surface area (Å²) in [5.41, 5.74) is 2.11. The summed E-state index contributed by atoms with van der Waals surface area (Å²) in [5.74, 6) is 0.740. The van der Waals surface area contributed by atoms with E-state index in [1.165, 1.54) is 44.9 Å². The van der Waals surface area contributed by atoms with Crippen molar-refractivity contribution in [2.45, 2.75) is 57.9 Å². The average molecular weight is 329 g/mol. The van der Waals surface area contributed by atoms with Gasteiger partial charge in [-0.25, -0.2) is 0 Å². The van der Waals surface area contributed by atoms with Gasteiger partial charge >= 0.3 is 0 Å². The second kappa shape index (κ2) is 8.52. The molecule has 1 aromatic rings. The van der Waals surface area contributed by atoms with Crippen molar-refractivity contribution in [2.75, 3.05) is 29.9 Å². The zero-order valence-electron chi connectivity index (χ0n) is 14.9. The Balaban J connectivity index is 1.56. The van der Waals surface area contributed by atoms with Crippen LogP contribution in [0.4, 0.5) is 11.4 Å². The smallest absolute Gasteiger partial charge is 0.238 e. The second-order valence-electron chi connectivity index (χ2n) is 7.36. The van der Waals surface area contributed by atoms with Crippen LogP contribution >= 0.6 is 0 Å². The summed E-state index contributed by atoms with van der Waals surface area (Å²) >= 11 is 0. The van der Waals surface area contributed by atoms with Crippen LogP contribution in [0.15, 0.2) is 24.3 Å². The summed E-state index contributed by atoms with van der Waals surface area (Å²) < 4.78 is 0. The Morgan fingerprint density at radius 2 is 1.83 bits per heavy atom. The largest absolute Gasteiger partial charge is 0.370 e. The number of amides is 1. The molecule has 4 nitrogen and oxygen atoms in total. The fourth-order valence-corrected chi connectivity index (χ4v) is 4.03. The average Bonchev–Trinajstić information content (AvgIpc) is 2.62. The van der Waals surface area contributed by atoms with Crippen LogP contribution in [0.3, 0.4) is 0 Å². The Hall–Kier alpha value is -1.55. The Kier molecular flexibility index (Phi) is 6.13. The zero-order chi connectivity index (χ0) is 16.8. The van der Waals surface area contributed by atoms with Crippen molar-refractivity contribution >= 4 is 17.3 Å². The standard InChI is InChI=1S/C20H31N3O/c1-16-9-3-4-10-17(16)21-15-20(24)22-18-11-5-6-12-19(18)23-13-7-2-8-14-23/h5-6,11-12,16-17,21H,2-4,7-10,13-15H2,1H3,(H,22,24)/t16-,17-/m1/s1. The number of nitrogens with zero attached hydrogens (tertiary/aromatic N) is 1. The van der Waals surface area contributed by atoms with Crippen LogP contribution in [-0.4, -0.2) is 31.6 Å². The number of carbonyl (C=O) groups excluding carboxylic acids is 1. The van der Waals surface area contributed by atoms with E-state index < -0.39 is 0 Å². The van der Waals surface area contributed by atoms with E-state index in [0.717, 1.165) is 24.5 Å². The third kappa shape index (κ3) is 4.50. The lowest BCUT2D eigenvalue weighted by molar-refractivity contribution is -0.115. The second-order valence-corrected chi connectivity index (χ2v) is 7.36. The maximum Gasteiger partial charge on any atom is 0.238 e. The summed E-state index contributed by atoms with van der Waals surface area (Å²) in [7, 11) is 0. The molecule has 2 N–H and O–H groups in total. The van der Waals surface area contributed by atoms with Gasteiger partial charge in [-0.2, -0.15) is 0 Å². The van der Waals surface area contributed by atoms with Crippen molar-refractivity contribution < 1.29 is 4.79 Å². The van der Waals surface area contributed by atoms with Crippen molar-refractivity contribution in [1.82, 2.24) is 5.32 Å². The van der Waals surface area contributed by atoms with Gasteiger partial charge in [0.05, 0.1) is 17.9 Å². The molecular weight excluding hydrogens is 298 g/mol. The van der Waals surface area contributed by atoms with Crippen molar-refractivity contribution in [2.24, 2.45) is 5.92 Å². The number of nitrogens with one attached hydrogen (secondary N) is 2. The van der Waals surface area contributed by atoms with E-state index in [-0.39, 0.29) is 5.91 Å². The SMILES string of the molecule is C[C@@H]1CCCC[C@H]1NCC(=O)Nc1ccccc1N1CCCCC1. The summed E-state index contributed by atoms with van der Waals surface area (Å²) in [5, 5.41) is 6.58. The number of para-hydroxylation sites is 2. The molecule has 2 atom stereocenters. The van der Waals surface area contributed by atoms with Crippen molar-refractivity contribution in [3.63, 3.8) is 0 Å². The molecule has 0 bridgehead atoms. The number of carbonyl (C=O) groups is 1. The predicted octanol–water partition coefficient (Wildman–Crippen LogP) is 3.78. The lowest BCUT2D eigenvalue weighted by Crippen LogP contribution is -2.41. The lowest BCUT2D eigenvalue weighted by atomic mass is 9.86. The molecule has 1 aliphatic heterocycles. The molecule has 4 heteroatoms. The normalized spacial score (nSPS) is 24.6. The Morgan fingerprint density at radius 1 is 1.08 bits per heavy atom. The van der Waals surface area contributed by atoms with Crippen molar-refractivity contribution in [3.8, 4) is 0 Å². The highest BCUT2D eigenvalue weighted by molar-refractivity contribution is 5.95. The Labute approximate surface area is 146 Å². The molecule has 0 radical (unpaired) electrons. The van der Waals surface area contributed by atoms with Crippen LogP contribution in [0.25, 0.3) is 0 Å². The zero-order valence-corrected chi connectivity index (χ0v) is 14.9. The first-order chi connectivity index (χ1) is 11.7. The predicted molar refractivity (Wildman–Crippen MR) is 101 cm³/mol. The monoisotopic (exact) mass is 329 g/mol. The number of anilines is 2. The van der Waals surface area contributed by atoms with E-state index in [0.29, 0.717) is 18.5 Å². The third-order valence-corrected chi connectivity index (χ3v) is 5.51. The summed E-state index contributed by atoms with van der Waals surface area (Å²) in [6.45, 7) is 4.87. The highest BCUT2D eigenvalue weighted by Gasteiger charge is 2.21. The molecule has 1 amide bonds. The molecule has 24 heavy (non-hydrogen) atoms. The van der Waals surface area contributed by atoms with Gasteiger partial charge in [0.25, 0.3) is 0 Å². The number of benzene rings is 1. The molecule has 1 heterocycles. The van der Waals surface area contributed by atoms with E-state index in [1.54, 1.807) is 0 Å². The number of hydrogen-bond donors (Lipinski definition) is 2. The number of hydrogen-bond acceptors (Lipinski definition) is 3. The van der Waals surface area contributed by atoms with E-state index >= 15 is 0 Å². The highest BCUT2D eigenvalue weighted by atomic mass is 16.1. The summed E-state index contributed by atoms with van der Waals surface area (Å²) in [4.78, 5) is 14.8. The first-order valence-electron chi connectivity index (χ1n) is 9.61. The van der Waals surface area contributed by atoms with Crippen molar-refractivity contribution in [3.05, 3.63) is 24.3 Å². The molecule has 132 valence electrons. The molecule has 0 aromatic heterocycles. The van der Waals surface area contributed by atoms with Crippen LogP contribution in [0, 0.1) is 5.92 Å². The third-order valence-electron chi connectivity index (χ3n) is 5.51. The van der Waals surface area contributed by atoms with E-state index in [2.05, 4.69) is 34.6 Å². The molecule has 1 saturated carbocycles. The first kappa shape index (κ1) is 17.3. The highest BCUT2D eigenvalue weighted by Crippen LogP contribution is 2.28.